The molecule has 1 atom stereocenters. The van der Waals surface area contributed by atoms with E-state index in [1.165, 1.54) is 0 Å². The fourth-order valence-corrected chi connectivity index (χ4v) is 5.59. The van der Waals surface area contributed by atoms with Crippen LogP contribution in [0, 0.1) is 0 Å². The molecule has 1 unspecified atom stereocenters. The second kappa shape index (κ2) is 7.72. The Morgan fingerprint density at radius 2 is 1.86 bits per heavy atom. The number of amides is 1. The molecule has 1 aliphatic heterocycles. The number of thioether (sulfide) groups is 1. The largest absolute Gasteiger partial charge is 0.341 e. The van der Waals surface area contributed by atoms with Crippen LogP contribution in [-0.2, 0) is 4.79 Å². The van der Waals surface area contributed by atoms with Gasteiger partial charge in [0.15, 0.2) is 11.0 Å². The summed E-state index contributed by atoms with van der Waals surface area (Å²) in [6.45, 7) is 1.72. The van der Waals surface area contributed by atoms with Gasteiger partial charge in [-0.2, -0.15) is 0 Å². The highest BCUT2D eigenvalue weighted by Crippen LogP contribution is 2.45. The number of hydrogen-bond donors (Lipinski definition) is 0. The zero-order valence-corrected chi connectivity index (χ0v) is 17.2. The molecule has 1 saturated heterocycles. The predicted molar refractivity (Wildman–Crippen MR) is 112 cm³/mol. The minimum Gasteiger partial charge on any atom is -0.341 e. The molecule has 2 fully saturated rings. The zero-order chi connectivity index (χ0) is 18.9. The zero-order valence-electron chi connectivity index (χ0n) is 15.5. The summed E-state index contributed by atoms with van der Waals surface area (Å²) in [5, 5.41) is 11.7. The lowest BCUT2D eigenvalue weighted by Crippen LogP contribution is -2.31. The summed E-state index contributed by atoms with van der Waals surface area (Å²) in [6, 6.07) is 14.7. The van der Waals surface area contributed by atoms with Gasteiger partial charge >= 0.3 is 0 Å². The smallest absolute Gasteiger partial charge is 0.240 e. The van der Waals surface area contributed by atoms with Crippen molar-refractivity contribution in [1.29, 1.82) is 0 Å². The summed E-state index contributed by atoms with van der Waals surface area (Å²) in [4.78, 5) is 16.5. The molecule has 3 heterocycles. The van der Waals surface area contributed by atoms with Gasteiger partial charge in [0.25, 0.3) is 0 Å². The maximum Gasteiger partial charge on any atom is 0.240 e. The lowest BCUT2D eigenvalue weighted by Gasteiger charge is -2.23. The Morgan fingerprint density at radius 1 is 1.07 bits per heavy atom. The summed E-state index contributed by atoms with van der Waals surface area (Å²) in [5.74, 6) is 1.12. The van der Waals surface area contributed by atoms with E-state index in [2.05, 4.69) is 26.2 Å². The molecule has 1 aromatic carbocycles. The van der Waals surface area contributed by atoms with Crippen LogP contribution in [-0.4, -0.2) is 38.7 Å². The van der Waals surface area contributed by atoms with Gasteiger partial charge in [0.2, 0.25) is 5.91 Å². The first-order valence-electron chi connectivity index (χ1n) is 9.80. The second-order valence-corrected chi connectivity index (χ2v) is 9.35. The lowest BCUT2D eigenvalue weighted by atomic mass is 10.1. The van der Waals surface area contributed by atoms with Gasteiger partial charge < -0.3 is 4.90 Å². The van der Waals surface area contributed by atoms with E-state index < -0.39 is 0 Å². The first-order chi connectivity index (χ1) is 13.8. The summed E-state index contributed by atoms with van der Waals surface area (Å²) in [6.07, 6.45) is 4.50. The van der Waals surface area contributed by atoms with Crippen molar-refractivity contribution in [2.75, 3.05) is 13.1 Å². The van der Waals surface area contributed by atoms with Gasteiger partial charge in [0.1, 0.15) is 5.25 Å². The number of carbonyl (C=O) groups is 1. The first-order valence-corrected chi connectivity index (χ1v) is 11.6. The number of benzene rings is 1. The molecular weight excluding hydrogens is 388 g/mol. The average Bonchev–Trinajstić information content (AvgIpc) is 3.16. The predicted octanol–water partition coefficient (Wildman–Crippen LogP) is 4.80. The molecule has 1 amide bonds. The van der Waals surface area contributed by atoms with Crippen LogP contribution >= 0.6 is 23.1 Å². The molecule has 0 bridgehead atoms. The Morgan fingerprint density at radius 3 is 2.54 bits per heavy atom. The molecule has 28 heavy (non-hydrogen) atoms. The molecular formula is C21H22N4OS2. The number of thiophene rings is 1. The van der Waals surface area contributed by atoms with Gasteiger partial charge in [-0.25, -0.2) is 0 Å². The van der Waals surface area contributed by atoms with Crippen LogP contribution in [0.2, 0.25) is 0 Å². The van der Waals surface area contributed by atoms with E-state index in [1.54, 1.807) is 23.1 Å². The van der Waals surface area contributed by atoms with E-state index in [0.717, 1.165) is 60.2 Å². The summed E-state index contributed by atoms with van der Waals surface area (Å²) >= 11 is 3.24. The number of likely N-dealkylation sites (tertiary alicyclic amines) is 1. The highest BCUT2D eigenvalue weighted by molar-refractivity contribution is 8.00. The summed E-state index contributed by atoms with van der Waals surface area (Å²) in [5.41, 5.74) is 1.03. The molecule has 1 aliphatic carbocycles. The Hall–Kier alpha value is -2.12. The highest BCUT2D eigenvalue weighted by atomic mass is 32.2. The number of nitrogens with zero attached hydrogens (tertiary/aromatic N) is 4. The van der Waals surface area contributed by atoms with Gasteiger partial charge in [-0.3, -0.25) is 9.36 Å². The fraction of sp³-hybridized carbons (Fsp3) is 0.381. The maximum atomic E-state index is 13.3. The monoisotopic (exact) mass is 410 g/mol. The van der Waals surface area contributed by atoms with Gasteiger partial charge in [-0.05, 0) is 42.7 Å². The van der Waals surface area contributed by atoms with Gasteiger partial charge in [0, 0.05) is 19.1 Å². The molecule has 3 aromatic rings. The second-order valence-electron chi connectivity index (χ2n) is 7.33. The van der Waals surface area contributed by atoms with Gasteiger partial charge in [-0.15, -0.1) is 21.5 Å². The van der Waals surface area contributed by atoms with Gasteiger partial charge in [-0.1, -0.05) is 48.2 Å². The minimum atomic E-state index is -0.280. The van der Waals surface area contributed by atoms with Crippen molar-refractivity contribution in [1.82, 2.24) is 19.7 Å². The maximum absolute atomic E-state index is 13.3. The van der Waals surface area contributed by atoms with Crippen molar-refractivity contribution in [2.24, 2.45) is 0 Å². The third-order valence-electron chi connectivity index (χ3n) is 5.29. The van der Waals surface area contributed by atoms with Crippen molar-refractivity contribution >= 4 is 29.0 Å². The van der Waals surface area contributed by atoms with Crippen molar-refractivity contribution in [3.63, 3.8) is 0 Å². The Balaban J connectivity index is 1.50. The van der Waals surface area contributed by atoms with Crippen LogP contribution in [0.15, 0.2) is 53.0 Å². The van der Waals surface area contributed by atoms with Crippen LogP contribution in [0.25, 0.3) is 10.7 Å². The average molecular weight is 411 g/mol. The van der Waals surface area contributed by atoms with Crippen LogP contribution in [0.1, 0.15) is 42.5 Å². The van der Waals surface area contributed by atoms with E-state index in [-0.39, 0.29) is 11.2 Å². The van der Waals surface area contributed by atoms with E-state index in [0.29, 0.717) is 6.04 Å². The molecule has 0 spiro atoms. The number of carbonyl (C=O) groups excluding carboxylic acids is 1. The van der Waals surface area contributed by atoms with Crippen LogP contribution in [0.3, 0.4) is 0 Å². The van der Waals surface area contributed by atoms with Gasteiger partial charge in [0.05, 0.1) is 4.88 Å². The Labute approximate surface area is 172 Å². The minimum absolute atomic E-state index is 0.191. The summed E-state index contributed by atoms with van der Waals surface area (Å²) in [7, 11) is 0. The standard InChI is InChI=1S/C21H22N4OS2/c26-20(24-12-4-5-13-24)18(15-7-2-1-3-8-15)28-21-23-22-19(17-9-6-14-27-17)25(21)16-10-11-16/h1-3,6-9,14,16,18H,4-5,10-13H2. The summed E-state index contributed by atoms with van der Waals surface area (Å²) < 4.78 is 2.25. The number of aromatic nitrogens is 3. The molecule has 0 N–H and O–H groups in total. The molecule has 2 aromatic heterocycles. The highest BCUT2D eigenvalue weighted by Gasteiger charge is 2.34. The number of hydrogen-bond acceptors (Lipinski definition) is 5. The quantitative estimate of drug-likeness (QED) is 0.548. The van der Waals surface area contributed by atoms with E-state index in [9.17, 15) is 4.79 Å². The van der Waals surface area contributed by atoms with E-state index in [1.807, 2.05) is 41.3 Å². The molecule has 144 valence electrons. The van der Waals surface area contributed by atoms with Crippen molar-refractivity contribution in [3.8, 4) is 10.7 Å². The molecule has 2 aliphatic rings. The third-order valence-corrected chi connectivity index (χ3v) is 7.35. The lowest BCUT2D eigenvalue weighted by molar-refractivity contribution is -0.129. The Kier molecular flexibility index (Phi) is 4.94. The molecule has 5 nitrogen and oxygen atoms in total. The SMILES string of the molecule is O=C(C(Sc1nnc(-c2cccs2)n1C1CC1)c1ccccc1)N1CCCC1. The van der Waals surface area contributed by atoms with Crippen LogP contribution in [0.4, 0.5) is 0 Å². The topological polar surface area (TPSA) is 51.0 Å². The number of rotatable bonds is 6. The molecule has 7 heteroatoms. The first kappa shape index (κ1) is 17.9. The van der Waals surface area contributed by atoms with Crippen LogP contribution < -0.4 is 0 Å². The van der Waals surface area contributed by atoms with Crippen molar-refractivity contribution in [3.05, 3.63) is 53.4 Å². The normalized spacial score (nSPS) is 17.8. The van der Waals surface area contributed by atoms with Crippen molar-refractivity contribution < 1.29 is 4.79 Å². The third kappa shape index (κ3) is 3.49. The van der Waals surface area contributed by atoms with Crippen LogP contribution in [0.5, 0.6) is 0 Å². The van der Waals surface area contributed by atoms with Crippen molar-refractivity contribution in [2.45, 2.75) is 42.1 Å². The molecule has 1 saturated carbocycles. The van der Waals surface area contributed by atoms with E-state index >= 15 is 0 Å². The Bertz CT molecular complexity index is 944. The van der Waals surface area contributed by atoms with E-state index in [4.69, 9.17) is 0 Å². The fourth-order valence-electron chi connectivity index (χ4n) is 3.69. The molecule has 5 rings (SSSR count). The molecule has 0 radical (unpaired) electrons.